The van der Waals surface area contributed by atoms with Gasteiger partial charge in [-0.05, 0) is 25.2 Å². The summed E-state index contributed by atoms with van der Waals surface area (Å²) in [7, 11) is 0. The Labute approximate surface area is 114 Å². The number of aliphatic hydroxyl groups excluding tert-OH is 1. The van der Waals surface area contributed by atoms with Gasteiger partial charge in [0.15, 0.2) is 0 Å². The van der Waals surface area contributed by atoms with E-state index in [4.69, 9.17) is 0 Å². The van der Waals surface area contributed by atoms with Crippen molar-refractivity contribution in [3.8, 4) is 0 Å². The highest BCUT2D eigenvalue weighted by molar-refractivity contribution is 5.85. The van der Waals surface area contributed by atoms with Crippen LogP contribution < -0.4 is 0 Å². The number of likely N-dealkylation sites (tertiary alicyclic amines) is 1. The summed E-state index contributed by atoms with van der Waals surface area (Å²) in [4.78, 5) is 25.2. The Morgan fingerprint density at radius 3 is 2.42 bits per heavy atom. The third-order valence-corrected chi connectivity index (χ3v) is 4.55. The zero-order valence-electron chi connectivity index (χ0n) is 12.2. The Balaban J connectivity index is 2.71. The summed E-state index contributed by atoms with van der Waals surface area (Å²) in [5.74, 6) is -1.05. The Morgan fingerprint density at radius 1 is 1.42 bits per heavy atom. The fraction of sp³-hybridized carbons (Fsp3) is 0.857. The molecule has 110 valence electrons. The van der Waals surface area contributed by atoms with Gasteiger partial charge in [0.1, 0.15) is 0 Å². The number of nitrogens with zero attached hydrogens (tertiary/aromatic N) is 1. The molecule has 0 aliphatic carbocycles. The van der Waals surface area contributed by atoms with Crippen molar-refractivity contribution in [2.24, 2.45) is 17.3 Å². The Hall–Kier alpha value is -1.10. The molecule has 19 heavy (non-hydrogen) atoms. The minimum Gasteiger partial charge on any atom is -0.481 e. The van der Waals surface area contributed by atoms with Crippen molar-refractivity contribution in [1.82, 2.24) is 4.90 Å². The SMILES string of the molecule is CC1CCN(C(=O)CC(C)(C(=O)O)C(C)C)CC1O. The van der Waals surface area contributed by atoms with Gasteiger partial charge in [-0.3, -0.25) is 9.59 Å². The Bertz CT molecular complexity index is 355. The third kappa shape index (κ3) is 3.47. The van der Waals surface area contributed by atoms with E-state index >= 15 is 0 Å². The highest BCUT2D eigenvalue weighted by Crippen LogP contribution is 2.32. The summed E-state index contributed by atoms with van der Waals surface area (Å²) in [6.45, 7) is 8.12. The van der Waals surface area contributed by atoms with Gasteiger partial charge in [0.2, 0.25) is 5.91 Å². The summed E-state index contributed by atoms with van der Waals surface area (Å²) < 4.78 is 0. The highest BCUT2D eigenvalue weighted by Gasteiger charge is 2.40. The summed E-state index contributed by atoms with van der Waals surface area (Å²) in [6, 6.07) is 0. The Kier molecular flexibility index (Phi) is 4.96. The molecule has 5 heteroatoms. The molecule has 0 aromatic carbocycles. The van der Waals surface area contributed by atoms with E-state index in [2.05, 4.69) is 0 Å². The van der Waals surface area contributed by atoms with E-state index in [0.717, 1.165) is 6.42 Å². The molecule has 1 aliphatic heterocycles. The minimum atomic E-state index is -1.05. The van der Waals surface area contributed by atoms with Crippen LogP contribution in [0.1, 0.15) is 40.5 Å². The maximum absolute atomic E-state index is 12.2. The average molecular weight is 271 g/mol. The number of carboxylic acid groups (broad SMARTS) is 1. The maximum Gasteiger partial charge on any atom is 0.310 e. The van der Waals surface area contributed by atoms with Gasteiger partial charge in [-0.1, -0.05) is 20.8 Å². The Morgan fingerprint density at radius 2 is 2.00 bits per heavy atom. The van der Waals surface area contributed by atoms with Gasteiger partial charge in [-0.25, -0.2) is 0 Å². The molecule has 3 unspecified atom stereocenters. The van der Waals surface area contributed by atoms with Crippen molar-refractivity contribution in [2.45, 2.75) is 46.6 Å². The smallest absolute Gasteiger partial charge is 0.310 e. The van der Waals surface area contributed by atoms with Gasteiger partial charge >= 0.3 is 5.97 Å². The zero-order chi connectivity index (χ0) is 14.8. The van der Waals surface area contributed by atoms with E-state index in [1.54, 1.807) is 11.8 Å². The van der Waals surface area contributed by atoms with E-state index in [-0.39, 0.29) is 24.2 Å². The molecule has 0 saturated carbocycles. The number of piperidine rings is 1. The van der Waals surface area contributed by atoms with Crippen molar-refractivity contribution in [2.75, 3.05) is 13.1 Å². The second-order valence-electron chi connectivity index (χ2n) is 6.23. The predicted octanol–water partition coefficient (Wildman–Crippen LogP) is 1.35. The number of carboxylic acids is 1. The molecule has 1 fully saturated rings. The molecular formula is C14H25NO4. The van der Waals surface area contributed by atoms with E-state index in [0.29, 0.717) is 13.1 Å². The lowest BCUT2D eigenvalue weighted by Gasteiger charge is -2.37. The van der Waals surface area contributed by atoms with Gasteiger partial charge in [-0.15, -0.1) is 0 Å². The van der Waals surface area contributed by atoms with E-state index < -0.39 is 17.5 Å². The van der Waals surface area contributed by atoms with E-state index in [9.17, 15) is 19.8 Å². The van der Waals surface area contributed by atoms with Gasteiger partial charge in [0.05, 0.1) is 11.5 Å². The normalized spacial score (nSPS) is 27.2. The predicted molar refractivity (Wildman–Crippen MR) is 71.6 cm³/mol. The highest BCUT2D eigenvalue weighted by atomic mass is 16.4. The van der Waals surface area contributed by atoms with Crippen LogP contribution in [0, 0.1) is 17.3 Å². The molecule has 0 bridgehead atoms. The molecule has 1 rings (SSSR count). The summed E-state index contributed by atoms with van der Waals surface area (Å²) in [6.07, 6.45) is 0.243. The lowest BCUT2D eigenvalue weighted by Crippen LogP contribution is -2.48. The second kappa shape index (κ2) is 5.90. The molecule has 3 atom stereocenters. The molecule has 0 radical (unpaired) electrons. The molecule has 2 N–H and O–H groups in total. The monoisotopic (exact) mass is 271 g/mol. The van der Waals surface area contributed by atoms with Crippen LogP contribution in [-0.2, 0) is 9.59 Å². The fourth-order valence-electron chi connectivity index (χ4n) is 2.23. The third-order valence-electron chi connectivity index (χ3n) is 4.55. The van der Waals surface area contributed by atoms with Gasteiger partial charge in [-0.2, -0.15) is 0 Å². The number of amides is 1. The van der Waals surface area contributed by atoms with Gasteiger partial charge in [0, 0.05) is 19.5 Å². The summed E-state index contributed by atoms with van der Waals surface area (Å²) >= 11 is 0. The van der Waals surface area contributed by atoms with Crippen LogP contribution in [-0.4, -0.2) is 46.2 Å². The van der Waals surface area contributed by atoms with E-state index in [1.807, 2.05) is 20.8 Å². The molecule has 0 aromatic rings. The number of aliphatic carboxylic acids is 1. The van der Waals surface area contributed by atoms with Crippen molar-refractivity contribution in [3.05, 3.63) is 0 Å². The first-order valence-electron chi connectivity index (χ1n) is 6.87. The van der Waals surface area contributed by atoms with Crippen LogP contribution in [0.3, 0.4) is 0 Å². The first-order valence-corrected chi connectivity index (χ1v) is 6.87. The van der Waals surface area contributed by atoms with Crippen LogP contribution in [0.2, 0.25) is 0 Å². The first-order chi connectivity index (χ1) is 8.68. The van der Waals surface area contributed by atoms with Crippen molar-refractivity contribution in [3.63, 3.8) is 0 Å². The maximum atomic E-state index is 12.2. The standard InChI is InChI=1S/C14H25NO4/c1-9(2)14(4,13(18)19)7-12(17)15-6-5-10(3)11(16)8-15/h9-11,16H,5-8H2,1-4H3,(H,18,19). The molecule has 1 amide bonds. The van der Waals surface area contributed by atoms with Crippen molar-refractivity contribution >= 4 is 11.9 Å². The van der Waals surface area contributed by atoms with Gasteiger partial charge in [0.25, 0.3) is 0 Å². The molecule has 5 nitrogen and oxygen atoms in total. The number of carbonyl (C=O) groups excluding carboxylic acids is 1. The van der Waals surface area contributed by atoms with Crippen LogP contribution in [0.15, 0.2) is 0 Å². The van der Waals surface area contributed by atoms with Crippen LogP contribution in [0.25, 0.3) is 0 Å². The largest absolute Gasteiger partial charge is 0.481 e. The molecule has 0 aromatic heterocycles. The number of aliphatic hydroxyl groups is 1. The molecule has 1 saturated heterocycles. The fourth-order valence-corrected chi connectivity index (χ4v) is 2.23. The summed E-state index contributed by atoms with van der Waals surface area (Å²) in [5.41, 5.74) is -1.05. The number of β-amino-alcohol motifs (C(OH)–C–C–N with tert-alkyl or cyclic N) is 1. The van der Waals surface area contributed by atoms with Crippen LogP contribution >= 0.6 is 0 Å². The number of rotatable bonds is 4. The van der Waals surface area contributed by atoms with Crippen molar-refractivity contribution < 1.29 is 19.8 Å². The topological polar surface area (TPSA) is 77.8 Å². The van der Waals surface area contributed by atoms with E-state index in [1.165, 1.54) is 0 Å². The number of hydrogen-bond donors (Lipinski definition) is 2. The van der Waals surface area contributed by atoms with Crippen molar-refractivity contribution in [1.29, 1.82) is 0 Å². The molecule has 0 spiro atoms. The zero-order valence-corrected chi connectivity index (χ0v) is 12.2. The lowest BCUT2D eigenvalue weighted by atomic mass is 9.76. The number of carbonyl (C=O) groups is 2. The average Bonchev–Trinajstić information content (AvgIpc) is 2.31. The van der Waals surface area contributed by atoms with Crippen LogP contribution in [0.5, 0.6) is 0 Å². The lowest BCUT2D eigenvalue weighted by molar-refractivity contribution is -0.156. The van der Waals surface area contributed by atoms with Crippen LogP contribution in [0.4, 0.5) is 0 Å². The number of hydrogen-bond acceptors (Lipinski definition) is 3. The molecular weight excluding hydrogens is 246 g/mol. The summed E-state index contributed by atoms with van der Waals surface area (Å²) in [5, 5.41) is 19.1. The quantitative estimate of drug-likeness (QED) is 0.809. The van der Waals surface area contributed by atoms with Gasteiger partial charge < -0.3 is 15.1 Å². The first kappa shape index (κ1) is 16.0. The molecule has 1 aliphatic rings. The second-order valence-corrected chi connectivity index (χ2v) is 6.23. The minimum absolute atomic E-state index is 0.0128. The molecule has 1 heterocycles.